The zero-order valence-electron chi connectivity index (χ0n) is 18.0. The van der Waals surface area contributed by atoms with Gasteiger partial charge in [-0.3, -0.25) is 9.80 Å². The number of carbonyl (C=O) groups excluding carboxylic acids is 1. The standard InChI is InChI=1S/C21H27F2N7O2/c1-3-26-21(31)15-10-29(11-15)18-8-9-19(28-27-18)32-12-17(13(2)24)30(25)16-6-4-14(5-7-16)20(22)23/h4-9,15,20H,3,10-12,24-25H2,1-2H3,(H,26,31)/b17-13-. The van der Waals surface area contributed by atoms with Gasteiger partial charge in [0.05, 0.1) is 17.3 Å². The molecule has 0 saturated carbocycles. The summed E-state index contributed by atoms with van der Waals surface area (Å²) in [4.78, 5) is 13.8. The minimum Gasteiger partial charge on any atom is -0.470 e. The SMILES string of the molecule is CCNC(=O)C1CN(c2ccc(OC/C(=C(\C)N)N(N)c3ccc(C(F)F)cc3)nn2)C1. The van der Waals surface area contributed by atoms with Gasteiger partial charge in [0, 0.05) is 37.0 Å². The smallest absolute Gasteiger partial charge is 0.263 e. The number of nitrogens with one attached hydrogen (secondary N) is 1. The van der Waals surface area contributed by atoms with Gasteiger partial charge in [-0.05, 0) is 32.0 Å². The minimum atomic E-state index is -2.55. The molecule has 1 aromatic heterocycles. The predicted octanol–water partition coefficient (Wildman–Crippen LogP) is 1.94. The number of alkyl halides is 2. The van der Waals surface area contributed by atoms with Gasteiger partial charge in [0.1, 0.15) is 6.61 Å². The van der Waals surface area contributed by atoms with Gasteiger partial charge in [0.15, 0.2) is 5.82 Å². The number of allylic oxidation sites excluding steroid dienone is 1. The topological polar surface area (TPSA) is 123 Å². The Morgan fingerprint density at radius 3 is 2.47 bits per heavy atom. The van der Waals surface area contributed by atoms with Gasteiger partial charge in [-0.1, -0.05) is 12.1 Å². The monoisotopic (exact) mass is 447 g/mol. The summed E-state index contributed by atoms with van der Waals surface area (Å²) in [6, 6.07) is 9.02. The molecule has 3 rings (SSSR count). The number of hydrogen-bond acceptors (Lipinski definition) is 8. The lowest BCUT2D eigenvalue weighted by Gasteiger charge is -2.38. The van der Waals surface area contributed by atoms with E-state index >= 15 is 0 Å². The number of ether oxygens (including phenoxy) is 1. The summed E-state index contributed by atoms with van der Waals surface area (Å²) in [5.74, 6) is 7.06. The number of carbonyl (C=O) groups is 1. The van der Waals surface area contributed by atoms with Gasteiger partial charge < -0.3 is 20.7 Å². The Balaban J connectivity index is 1.57. The fourth-order valence-electron chi connectivity index (χ4n) is 3.16. The molecule has 172 valence electrons. The fourth-order valence-corrected chi connectivity index (χ4v) is 3.16. The predicted molar refractivity (Wildman–Crippen MR) is 117 cm³/mol. The number of anilines is 2. The van der Waals surface area contributed by atoms with Crippen LogP contribution in [0.25, 0.3) is 0 Å². The zero-order chi connectivity index (χ0) is 23.3. The molecule has 0 spiro atoms. The van der Waals surface area contributed by atoms with Crippen LogP contribution in [0.1, 0.15) is 25.8 Å². The lowest BCUT2D eigenvalue weighted by molar-refractivity contribution is -0.125. The van der Waals surface area contributed by atoms with Crippen LogP contribution in [0.15, 0.2) is 47.8 Å². The van der Waals surface area contributed by atoms with Crippen LogP contribution in [-0.2, 0) is 4.79 Å². The molecular weight excluding hydrogens is 420 g/mol. The van der Waals surface area contributed by atoms with E-state index in [-0.39, 0.29) is 29.9 Å². The summed E-state index contributed by atoms with van der Waals surface area (Å²) < 4.78 is 31.2. The molecule has 0 aliphatic carbocycles. The number of benzene rings is 1. The van der Waals surface area contributed by atoms with Crippen LogP contribution in [0, 0.1) is 5.92 Å². The number of aromatic nitrogens is 2. The van der Waals surface area contributed by atoms with Crippen molar-refractivity contribution < 1.29 is 18.3 Å². The van der Waals surface area contributed by atoms with Gasteiger partial charge in [0.2, 0.25) is 11.8 Å². The van der Waals surface area contributed by atoms with Crippen LogP contribution >= 0.6 is 0 Å². The van der Waals surface area contributed by atoms with Crippen molar-refractivity contribution >= 4 is 17.4 Å². The van der Waals surface area contributed by atoms with Crippen LogP contribution in [0.2, 0.25) is 0 Å². The maximum absolute atomic E-state index is 12.8. The van der Waals surface area contributed by atoms with Crippen molar-refractivity contribution in [1.29, 1.82) is 0 Å². The molecule has 5 N–H and O–H groups in total. The number of hydrazine groups is 1. The van der Waals surface area contributed by atoms with Crippen LogP contribution < -0.4 is 31.5 Å². The van der Waals surface area contributed by atoms with E-state index in [0.29, 0.717) is 42.5 Å². The molecule has 32 heavy (non-hydrogen) atoms. The maximum Gasteiger partial charge on any atom is 0.263 e. The summed E-state index contributed by atoms with van der Waals surface area (Å²) in [7, 11) is 0. The van der Waals surface area contributed by atoms with Gasteiger partial charge in [-0.15, -0.1) is 10.2 Å². The molecule has 0 radical (unpaired) electrons. The average Bonchev–Trinajstić information content (AvgIpc) is 2.73. The molecule has 0 unspecified atom stereocenters. The summed E-state index contributed by atoms with van der Waals surface area (Å²) in [6.07, 6.45) is -2.55. The molecular formula is C21H27F2N7O2. The Morgan fingerprint density at radius 2 is 1.94 bits per heavy atom. The third-order valence-electron chi connectivity index (χ3n) is 5.08. The van der Waals surface area contributed by atoms with Crippen molar-refractivity contribution in [3.05, 3.63) is 53.4 Å². The lowest BCUT2D eigenvalue weighted by atomic mass is 9.99. The number of hydrogen-bond donors (Lipinski definition) is 3. The van der Waals surface area contributed by atoms with Crippen molar-refractivity contribution in [1.82, 2.24) is 15.5 Å². The Kier molecular flexibility index (Phi) is 7.41. The molecule has 1 fully saturated rings. The fraction of sp³-hybridized carbons (Fsp3) is 0.381. The molecule has 9 nitrogen and oxygen atoms in total. The number of nitrogens with zero attached hydrogens (tertiary/aromatic N) is 4. The van der Waals surface area contributed by atoms with Crippen molar-refractivity contribution in [2.45, 2.75) is 20.3 Å². The number of rotatable bonds is 9. The van der Waals surface area contributed by atoms with Crippen molar-refractivity contribution in [3.63, 3.8) is 0 Å². The number of halogens is 2. The summed E-state index contributed by atoms with van der Waals surface area (Å²) in [5, 5.41) is 12.3. The first-order valence-electron chi connectivity index (χ1n) is 10.2. The highest BCUT2D eigenvalue weighted by Crippen LogP contribution is 2.25. The third-order valence-corrected chi connectivity index (χ3v) is 5.08. The van der Waals surface area contributed by atoms with Gasteiger partial charge in [0.25, 0.3) is 6.43 Å². The van der Waals surface area contributed by atoms with Crippen molar-refractivity contribution in [2.75, 3.05) is 36.1 Å². The van der Waals surface area contributed by atoms with E-state index in [1.807, 2.05) is 11.8 Å². The first-order valence-corrected chi connectivity index (χ1v) is 10.2. The third kappa shape index (κ3) is 5.41. The highest BCUT2D eigenvalue weighted by Gasteiger charge is 2.33. The van der Waals surface area contributed by atoms with E-state index in [4.69, 9.17) is 16.3 Å². The van der Waals surface area contributed by atoms with Crippen molar-refractivity contribution in [3.8, 4) is 5.88 Å². The normalized spacial score (nSPS) is 14.6. The molecule has 1 aromatic carbocycles. The van der Waals surface area contributed by atoms with Crippen molar-refractivity contribution in [2.24, 2.45) is 17.5 Å². The van der Waals surface area contributed by atoms with E-state index in [1.54, 1.807) is 19.1 Å². The molecule has 1 saturated heterocycles. The van der Waals surface area contributed by atoms with E-state index in [0.717, 1.165) is 0 Å². The van der Waals surface area contributed by atoms with Crippen LogP contribution in [-0.4, -0.2) is 42.3 Å². The van der Waals surface area contributed by atoms with Gasteiger partial charge >= 0.3 is 0 Å². The quantitative estimate of drug-likeness (QED) is 0.394. The van der Waals surface area contributed by atoms with E-state index in [9.17, 15) is 13.6 Å². The molecule has 1 aliphatic rings. The second-order valence-corrected chi connectivity index (χ2v) is 7.41. The highest BCUT2D eigenvalue weighted by atomic mass is 19.3. The van der Waals surface area contributed by atoms with Crippen LogP contribution in [0.4, 0.5) is 20.3 Å². The molecule has 0 bridgehead atoms. The Bertz CT molecular complexity index is 942. The summed E-state index contributed by atoms with van der Waals surface area (Å²) in [6.45, 7) is 5.35. The average molecular weight is 447 g/mol. The van der Waals surface area contributed by atoms with Gasteiger partial charge in [-0.25, -0.2) is 14.6 Å². The minimum absolute atomic E-state index is 0.00638. The number of nitrogens with two attached hydrogens (primary N) is 2. The molecule has 1 amide bonds. The Hall–Kier alpha value is -3.47. The Labute approximate surface area is 185 Å². The largest absolute Gasteiger partial charge is 0.470 e. The Morgan fingerprint density at radius 1 is 1.25 bits per heavy atom. The first-order chi connectivity index (χ1) is 15.3. The molecule has 11 heteroatoms. The summed E-state index contributed by atoms with van der Waals surface area (Å²) in [5.41, 5.74) is 7.20. The van der Waals surface area contributed by atoms with Gasteiger partial charge in [-0.2, -0.15) is 0 Å². The molecule has 0 atom stereocenters. The maximum atomic E-state index is 12.8. The zero-order valence-corrected chi connectivity index (χ0v) is 18.0. The van der Waals surface area contributed by atoms with E-state index in [1.165, 1.54) is 29.3 Å². The second-order valence-electron chi connectivity index (χ2n) is 7.41. The first kappa shape index (κ1) is 23.2. The highest BCUT2D eigenvalue weighted by molar-refractivity contribution is 5.81. The number of amides is 1. The second kappa shape index (κ2) is 10.2. The van der Waals surface area contributed by atoms with Crippen LogP contribution in [0.3, 0.4) is 0 Å². The molecule has 2 aromatic rings. The van der Waals surface area contributed by atoms with E-state index in [2.05, 4.69) is 15.5 Å². The summed E-state index contributed by atoms with van der Waals surface area (Å²) >= 11 is 0. The molecule has 2 heterocycles. The van der Waals surface area contributed by atoms with Crippen LogP contribution in [0.5, 0.6) is 5.88 Å². The van der Waals surface area contributed by atoms with E-state index < -0.39 is 6.43 Å². The molecule has 1 aliphatic heterocycles. The lowest BCUT2D eigenvalue weighted by Crippen LogP contribution is -2.54.